The molecule has 3 N–H and O–H groups in total. The third kappa shape index (κ3) is 6.89. The third-order valence-corrected chi connectivity index (χ3v) is 3.78. The first kappa shape index (κ1) is 18.6. The van der Waals surface area contributed by atoms with Crippen LogP contribution in [0.2, 0.25) is 0 Å². The Hall–Kier alpha value is -0.460. The van der Waals surface area contributed by atoms with Crippen molar-refractivity contribution in [1.82, 2.24) is 0 Å². The van der Waals surface area contributed by atoms with Crippen LogP contribution in [0.15, 0.2) is 12.2 Å². The molecular weight excluding hydrogens is 272 g/mol. The van der Waals surface area contributed by atoms with Crippen molar-refractivity contribution in [2.45, 2.75) is 69.9 Å². The highest BCUT2D eigenvalue weighted by Gasteiger charge is 2.40. The first-order chi connectivity index (χ1) is 10.2. The van der Waals surface area contributed by atoms with Gasteiger partial charge in [-0.05, 0) is 12.8 Å². The Labute approximate surface area is 127 Å². The van der Waals surface area contributed by atoms with Gasteiger partial charge in [-0.1, -0.05) is 44.8 Å². The number of rotatable bonds is 11. The van der Waals surface area contributed by atoms with E-state index in [0.29, 0.717) is 6.61 Å². The van der Waals surface area contributed by atoms with Crippen LogP contribution < -0.4 is 0 Å². The first-order valence-electron chi connectivity index (χ1n) is 8.05. The molecule has 4 atom stereocenters. The van der Waals surface area contributed by atoms with Crippen molar-refractivity contribution in [2.24, 2.45) is 0 Å². The van der Waals surface area contributed by atoms with Crippen LogP contribution in [0.25, 0.3) is 0 Å². The Balaban J connectivity index is 2.12. The number of aliphatic hydroxyl groups is 3. The number of allylic oxidation sites excluding steroid dienone is 1. The molecule has 0 unspecified atom stereocenters. The van der Waals surface area contributed by atoms with Crippen LogP contribution in [-0.4, -0.2) is 59.6 Å². The fraction of sp³-hybridized carbons (Fsp3) is 0.875. The summed E-state index contributed by atoms with van der Waals surface area (Å²) in [4.78, 5) is 0. The minimum absolute atomic E-state index is 0.0826. The molecule has 124 valence electrons. The van der Waals surface area contributed by atoms with Crippen LogP contribution in [0, 0.1) is 0 Å². The van der Waals surface area contributed by atoms with E-state index in [9.17, 15) is 15.3 Å². The molecule has 5 nitrogen and oxygen atoms in total. The van der Waals surface area contributed by atoms with Crippen molar-refractivity contribution in [1.29, 1.82) is 0 Å². The maximum atomic E-state index is 9.72. The van der Waals surface area contributed by atoms with Crippen molar-refractivity contribution in [2.75, 3.05) is 19.8 Å². The summed E-state index contributed by atoms with van der Waals surface area (Å²) in [5.41, 5.74) is 0. The van der Waals surface area contributed by atoms with E-state index in [4.69, 9.17) is 9.47 Å². The molecule has 1 aliphatic heterocycles. The summed E-state index contributed by atoms with van der Waals surface area (Å²) >= 11 is 0. The summed E-state index contributed by atoms with van der Waals surface area (Å²) in [7, 11) is 0. The molecule has 1 rings (SSSR count). The smallest absolute Gasteiger partial charge is 0.114 e. The number of ether oxygens (including phenoxy) is 2. The van der Waals surface area contributed by atoms with Crippen LogP contribution in [0.3, 0.4) is 0 Å². The zero-order valence-corrected chi connectivity index (χ0v) is 13.0. The molecule has 1 saturated heterocycles. The Morgan fingerprint density at radius 2 is 1.95 bits per heavy atom. The average molecular weight is 302 g/mol. The third-order valence-electron chi connectivity index (χ3n) is 3.78. The second-order valence-electron chi connectivity index (χ2n) is 5.58. The van der Waals surface area contributed by atoms with Gasteiger partial charge in [0, 0.05) is 0 Å². The maximum absolute atomic E-state index is 9.72. The molecule has 1 aliphatic rings. The topological polar surface area (TPSA) is 79.2 Å². The standard InChI is InChI=1S/C16H30O5/c1-2-3-4-5-6-7-8-9-10-20-14(11-17)16-15(19)13(18)12-21-16/h8-9,13-19H,2-7,10-12H2,1H3/b9-8+/t13-,14+,15+,16+/m1/s1. The zero-order valence-electron chi connectivity index (χ0n) is 13.0. The zero-order chi connectivity index (χ0) is 15.5. The molecule has 0 aromatic heterocycles. The van der Waals surface area contributed by atoms with Gasteiger partial charge in [-0.15, -0.1) is 0 Å². The SMILES string of the molecule is CCCCCCC/C=C/CO[C@@H](CO)[C@@H]1OC[C@@H](O)[C@@H]1O. The van der Waals surface area contributed by atoms with E-state index in [1.165, 1.54) is 32.1 Å². The number of aliphatic hydroxyl groups excluding tert-OH is 3. The summed E-state index contributed by atoms with van der Waals surface area (Å²) in [5.74, 6) is 0. The van der Waals surface area contributed by atoms with E-state index in [1.54, 1.807) is 0 Å². The van der Waals surface area contributed by atoms with Gasteiger partial charge in [0.15, 0.2) is 0 Å². The summed E-state index contributed by atoms with van der Waals surface area (Å²) in [6, 6.07) is 0. The summed E-state index contributed by atoms with van der Waals surface area (Å²) in [6.07, 6.45) is 8.22. The maximum Gasteiger partial charge on any atom is 0.114 e. The monoisotopic (exact) mass is 302 g/mol. The fourth-order valence-electron chi connectivity index (χ4n) is 2.44. The summed E-state index contributed by atoms with van der Waals surface area (Å²) in [6.45, 7) is 2.43. The Morgan fingerprint density at radius 1 is 1.19 bits per heavy atom. The van der Waals surface area contributed by atoms with Gasteiger partial charge in [0.2, 0.25) is 0 Å². The molecule has 0 spiro atoms. The molecule has 0 aromatic carbocycles. The molecule has 0 saturated carbocycles. The minimum atomic E-state index is -0.996. The van der Waals surface area contributed by atoms with Gasteiger partial charge in [0.25, 0.3) is 0 Å². The van der Waals surface area contributed by atoms with Gasteiger partial charge in [0.1, 0.15) is 24.4 Å². The molecule has 1 heterocycles. The Morgan fingerprint density at radius 3 is 2.57 bits per heavy atom. The van der Waals surface area contributed by atoms with Crippen LogP contribution in [-0.2, 0) is 9.47 Å². The van der Waals surface area contributed by atoms with E-state index >= 15 is 0 Å². The van der Waals surface area contributed by atoms with Crippen molar-refractivity contribution in [3.63, 3.8) is 0 Å². The number of hydrogen-bond donors (Lipinski definition) is 3. The second kappa shape index (κ2) is 11.2. The minimum Gasteiger partial charge on any atom is -0.394 e. The average Bonchev–Trinajstić information content (AvgIpc) is 2.82. The lowest BCUT2D eigenvalue weighted by atomic mass is 10.1. The quantitative estimate of drug-likeness (QED) is 0.397. The molecule has 0 amide bonds. The predicted octanol–water partition coefficient (Wildman–Crippen LogP) is 1.40. The highest BCUT2D eigenvalue weighted by molar-refractivity contribution is 4.89. The molecule has 1 fully saturated rings. The van der Waals surface area contributed by atoms with Gasteiger partial charge < -0.3 is 24.8 Å². The van der Waals surface area contributed by atoms with Crippen LogP contribution >= 0.6 is 0 Å². The number of hydrogen-bond acceptors (Lipinski definition) is 5. The van der Waals surface area contributed by atoms with E-state index in [2.05, 4.69) is 13.0 Å². The lowest BCUT2D eigenvalue weighted by molar-refractivity contribution is -0.0942. The molecule has 0 radical (unpaired) electrons. The predicted molar refractivity (Wildman–Crippen MR) is 81.1 cm³/mol. The molecule has 5 heteroatoms. The van der Waals surface area contributed by atoms with Gasteiger partial charge >= 0.3 is 0 Å². The largest absolute Gasteiger partial charge is 0.394 e. The molecule has 21 heavy (non-hydrogen) atoms. The first-order valence-corrected chi connectivity index (χ1v) is 8.05. The van der Waals surface area contributed by atoms with E-state index in [0.717, 1.165) is 6.42 Å². The lowest BCUT2D eigenvalue weighted by Gasteiger charge is -2.23. The lowest BCUT2D eigenvalue weighted by Crippen LogP contribution is -2.42. The molecule has 0 bridgehead atoms. The second-order valence-corrected chi connectivity index (χ2v) is 5.58. The van der Waals surface area contributed by atoms with Gasteiger partial charge in [-0.25, -0.2) is 0 Å². The van der Waals surface area contributed by atoms with E-state index in [1.807, 2.05) is 6.08 Å². The Bertz CT molecular complexity index is 282. The van der Waals surface area contributed by atoms with Gasteiger partial charge in [0.05, 0.1) is 19.8 Å². The molecule has 0 aromatic rings. The van der Waals surface area contributed by atoms with Crippen molar-refractivity contribution in [3.05, 3.63) is 12.2 Å². The van der Waals surface area contributed by atoms with Gasteiger partial charge in [-0.2, -0.15) is 0 Å². The van der Waals surface area contributed by atoms with E-state index < -0.39 is 24.4 Å². The van der Waals surface area contributed by atoms with Crippen molar-refractivity contribution < 1.29 is 24.8 Å². The van der Waals surface area contributed by atoms with Crippen LogP contribution in [0.4, 0.5) is 0 Å². The Kier molecular flexibility index (Phi) is 9.87. The summed E-state index contributed by atoms with van der Waals surface area (Å²) in [5, 5.41) is 28.4. The molecular formula is C16H30O5. The van der Waals surface area contributed by atoms with Gasteiger partial charge in [-0.3, -0.25) is 0 Å². The van der Waals surface area contributed by atoms with Crippen LogP contribution in [0.5, 0.6) is 0 Å². The van der Waals surface area contributed by atoms with E-state index in [-0.39, 0.29) is 13.2 Å². The highest BCUT2D eigenvalue weighted by Crippen LogP contribution is 2.19. The normalized spacial score (nSPS) is 27.5. The van der Waals surface area contributed by atoms with Crippen molar-refractivity contribution in [3.8, 4) is 0 Å². The number of unbranched alkanes of at least 4 members (excludes halogenated alkanes) is 5. The molecule has 0 aliphatic carbocycles. The highest BCUT2D eigenvalue weighted by atomic mass is 16.6. The fourth-order valence-corrected chi connectivity index (χ4v) is 2.44. The van der Waals surface area contributed by atoms with Crippen LogP contribution in [0.1, 0.15) is 45.4 Å². The summed E-state index contributed by atoms with van der Waals surface area (Å²) < 4.78 is 10.8. The van der Waals surface area contributed by atoms with Crippen molar-refractivity contribution >= 4 is 0 Å².